The molecule has 18 heavy (non-hydrogen) atoms. The van der Waals surface area contributed by atoms with Gasteiger partial charge < -0.3 is 10.0 Å². The number of urea groups is 1. The van der Waals surface area contributed by atoms with Gasteiger partial charge in [0, 0.05) is 26.2 Å². The standard InChI is InChI=1S/C11H16N4O3/c1-14-9(2-5-12-14)13-11(18)15-6-3-8(4-7-15)10(16)17/h2,5,8H,3-4,6-7H2,1H3,(H,13,18)(H,16,17). The zero-order valence-electron chi connectivity index (χ0n) is 10.2. The molecule has 2 rings (SSSR count). The molecule has 0 aromatic carbocycles. The first-order valence-electron chi connectivity index (χ1n) is 5.84. The molecule has 0 atom stereocenters. The van der Waals surface area contributed by atoms with Gasteiger partial charge in [0.1, 0.15) is 5.82 Å². The fourth-order valence-electron chi connectivity index (χ4n) is 2.01. The second-order valence-corrected chi connectivity index (χ2v) is 4.37. The van der Waals surface area contributed by atoms with Crippen molar-refractivity contribution in [2.24, 2.45) is 13.0 Å². The maximum atomic E-state index is 11.9. The Morgan fingerprint density at radius 3 is 2.61 bits per heavy atom. The topological polar surface area (TPSA) is 87.5 Å². The number of aryl methyl sites for hydroxylation is 1. The lowest BCUT2D eigenvalue weighted by atomic mass is 9.97. The Labute approximate surface area is 104 Å². The van der Waals surface area contributed by atoms with Crippen LogP contribution in [0, 0.1) is 5.92 Å². The molecule has 2 amide bonds. The van der Waals surface area contributed by atoms with E-state index in [0.29, 0.717) is 31.7 Å². The maximum Gasteiger partial charge on any atom is 0.322 e. The Morgan fingerprint density at radius 1 is 1.44 bits per heavy atom. The number of rotatable bonds is 2. The molecule has 0 radical (unpaired) electrons. The van der Waals surface area contributed by atoms with Crippen molar-refractivity contribution in [2.45, 2.75) is 12.8 Å². The average molecular weight is 252 g/mol. The molecular formula is C11H16N4O3. The van der Waals surface area contributed by atoms with Gasteiger partial charge >= 0.3 is 12.0 Å². The second-order valence-electron chi connectivity index (χ2n) is 4.37. The van der Waals surface area contributed by atoms with Crippen LogP contribution in [0.2, 0.25) is 0 Å². The molecule has 7 heteroatoms. The lowest BCUT2D eigenvalue weighted by molar-refractivity contribution is -0.143. The maximum absolute atomic E-state index is 11.9. The highest BCUT2D eigenvalue weighted by atomic mass is 16.4. The van der Waals surface area contributed by atoms with E-state index in [1.54, 1.807) is 28.9 Å². The summed E-state index contributed by atoms with van der Waals surface area (Å²) < 4.78 is 1.57. The first kappa shape index (κ1) is 12.4. The normalized spacial score (nSPS) is 16.6. The van der Waals surface area contributed by atoms with Crippen LogP contribution in [0.3, 0.4) is 0 Å². The Kier molecular flexibility index (Phi) is 3.50. The van der Waals surface area contributed by atoms with Crippen LogP contribution >= 0.6 is 0 Å². The summed E-state index contributed by atoms with van der Waals surface area (Å²) in [4.78, 5) is 24.4. The van der Waals surface area contributed by atoms with E-state index in [2.05, 4.69) is 10.4 Å². The van der Waals surface area contributed by atoms with Crippen LogP contribution in [-0.4, -0.2) is 44.9 Å². The number of amides is 2. The van der Waals surface area contributed by atoms with Gasteiger partial charge in [-0.3, -0.25) is 14.8 Å². The number of nitrogens with zero attached hydrogens (tertiary/aromatic N) is 3. The van der Waals surface area contributed by atoms with Crippen LogP contribution in [0.5, 0.6) is 0 Å². The third-order valence-corrected chi connectivity index (χ3v) is 3.19. The molecule has 1 saturated heterocycles. The third kappa shape index (κ3) is 2.61. The van der Waals surface area contributed by atoms with E-state index in [1.807, 2.05) is 0 Å². The highest BCUT2D eigenvalue weighted by Gasteiger charge is 2.27. The highest BCUT2D eigenvalue weighted by Crippen LogP contribution is 2.18. The van der Waals surface area contributed by atoms with Gasteiger partial charge in [0.25, 0.3) is 0 Å². The number of hydrogen-bond donors (Lipinski definition) is 2. The van der Waals surface area contributed by atoms with Crippen LogP contribution in [0.25, 0.3) is 0 Å². The van der Waals surface area contributed by atoms with Crippen LogP contribution in [-0.2, 0) is 11.8 Å². The molecule has 1 aliphatic heterocycles. The Hall–Kier alpha value is -2.05. The zero-order chi connectivity index (χ0) is 13.1. The second kappa shape index (κ2) is 5.07. The summed E-state index contributed by atoms with van der Waals surface area (Å²) in [7, 11) is 1.74. The molecule has 0 unspecified atom stereocenters. The van der Waals surface area contributed by atoms with Crippen molar-refractivity contribution in [3.63, 3.8) is 0 Å². The molecule has 1 fully saturated rings. The monoisotopic (exact) mass is 252 g/mol. The van der Waals surface area contributed by atoms with E-state index < -0.39 is 5.97 Å². The molecule has 7 nitrogen and oxygen atoms in total. The van der Waals surface area contributed by atoms with Gasteiger partial charge in [0.05, 0.1) is 12.1 Å². The summed E-state index contributed by atoms with van der Waals surface area (Å²) in [5.74, 6) is -0.479. The molecule has 98 valence electrons. The van der Waals surface area contributed by atoms with Crippen LogP contribution < -0.4 is 5.32 Å². The molecule has 0 bridgehead atoms. The fraction of sp³-hybridized carbons (Fsp3) is 0.545. The van der Waals surface area contributed by atoms with Gasteiger partial charge in [-0.25, -0.2) is 4.79 Å². The number of carbonyl (C=O) groups excluding carboxylic acids is 1. The number of anilines is 1. The summed E-state index contributed by atoms with van der Waals surface area (Å²) in [5.41, 5.74) is 0. The first-order valence-corrected chi connectivity index (χ1v) is 5.84. The molecule has 0 aliphatic carbocycles. The number of nitrogens with one attached hydrogen (secondary N) is 1. The smallest absolute Gasteiger partial charge is 0.322 e. The molecule has 1 aliphatic rings. The van der Waals surface area contributed by atoms with Gasteiger partial charge in [0.15, 0.2) is 0 Å². The zero-order valence-corrected chi connectivity index (χ0v) is 10.2. The largest absolute Gasteiger partial charge is 0.481 e. The van der Waals surface area contributed by atoms with Crippen molar-refractivity contribution in [2.75, 3.05) is 18.4 Å². The van der Waals surface area contributed by atoms with E-state index in [1.165, 1.54) is 0 Å². The van der Waals surface area contributed by atoms with E-state index in [4.69, 9.17) is 5.11 Å². The minimum atomic E-state index is -0.776. The number of aliphatic carboxylic acids is 1. The Bertz CT molecular complexity index is 449. The first-order chi connectivity index (χ1) is 8.58. The summed E-state index contributed by atoms with van der Waals surface area (Å²) >= 11 is 0. The summed E-state index contributed by atoms with van der Waals surface area (Å²) in [6.45, 7) is 0.946. The number of hydrogen-bond acceptors (Lipinski definition) is 3. The summed E-state index contributed by atoms with van der Waals surface area (Å²) in [6, 6.07) is 1.50. The van der Waals surface area contributed by atoms with E-state index in [-0.39, 0.29) is 11.9 Å². The fourth-order valence-corrected chi connectivity index (χ4v) is 2.01. The predicted molar refractivity (Wildman–Crippen MR) is 64.2 cm³/mol. The van der Waals surface area contributed by atoms with Crippen molar-refractivity contribution in [3.8, 4) is 0 Å². The van der Waals surface area contributed by atoms with Gasteiger partial charge in [-0.2, -0.15) is 5.10 Å². The minimum absolute atomic E-state index is 0.206. The average Bonchev–Trinajstić information content (AvgIpc) is 2.75. The van der Waals surface area contributed by atoms with Crippen molar-refractivity contribution in [1.29, 1.82) is 0 Å². The predicted octanol–water partition coefficient (Wildman–Crippen LogP) is 0.749. The third-order valence-electron chi connectivity index (χ3n) is 3.19. The molecule has 0 spiro atoms. The molecule has 2 heterocycles. The lowest BCUT2D eigenvalue weighted by Crippen LogP contribution is -2.42. The van der Waals surface area contributed by atoms with Crippen molar-refractivity contribution in [3.05, 3.63) is 12.3 Å². The number of carbonyl (C=O) groups is 2. The SMILES string of the molecule is Cn1nccc1NC(=O)N1CCC(C(=O)O)CC1. The summed E-state index contributed by atoms with van der Waals surface area (Å²) in [6.07, 6.45) is 2.62. The van der Waals surface area contributed by atoms with Gasteiger partial charge in [0.2, 0.25) is 0 Å². The molecular weight excluding hydrogens is 236 g/mol. The van der Waals surface area contributed by atoms with Crippen LogP contribution in [0.15, 0.2) is 12.3 Å². The van der Waals surface area contributed by atoms with E-state index in [9.17, 15) is 9.59 Å². The Morgan fingerprint density at radius 2 is 2.11 bits per heavy atom. The molecule has 1 aromatic heterocycles. The molecule has 1 aromatic rings. The number of aromatic nitrogens is 2. The van der Waals surface area contributed by atoms with E-state index >= 15 is 0 Å². The van der Waals surface area contributed by atoms with Crippen molar-refractivity contribution in [1.82, 2.24) is 14.7 Å². The van der Waals surface area contributed by atoms with E-state index in [0.717, 1.165) is 0 Å². The van der Waals surface area contributed by atoms with Crippen LogP contribution in [0.1, 0.15) is 12.8 Å². The van der Waals surface area contributed by atoms with Crippen LogP contribution in [0.4, 0.5) is 10.6 Å². The Balaban J connectivity index is 1.88. The van der Waals surface area contributed by atoms with Crippen molar-refractivity contribution >= 4 is 17.8 Å². The van der Waals surface area contributed by atoms with Crippen molar-refractivity contribution < 1.29 is 14.7 Å². The highest BCUT2D eigenvalue weighted by molar-refractivity contribution is 5.88. The number of carboxylic acids is 1. The number of carboxylic acid groups (broad SMARTS) is 1. The van der Waals surface area contributed by atoms with Gasteiger partial charge in [-0.15, -0.1) is 0 Å². The summed E-state index contributed by atoms with van der Waals surface area (Å²) in [5, 5.41) is 15.6. The minimum Gasteiger partial charge on any atom is -0.481 e. The van der Waals surface area contributed by atoms with Gasteiger partial charge in [-0.1, -0.05) is 0 Å². The molecule has 2 N–H and O–H groups in total. The quantitative estimate of drug-likeness (QED) is 0.813. The molecule has 0 saturated carbocycles. The lowest BCUT2D eigenvalue weighted by Gasteiger charge is -2.30. The van der Waals surface area contributed by atoms with Gasteiger partial charge in [-0.05, 0) is 12.8 Å². The number of likely N-dealkylation sites (tertiary alicyclic amines) is 1. The number of piperidine rings is 1.